The highest BCUT2D eigenvalue weighted by Crippen LogP contribution is 2.29. The standard InChI is InChI=1S/C21H25F2N3O6S/c1-13-4-5-14(2)18(10-13)33(29,30)26-9-8-24-19(27)12-25-20(28)15-6-7-16(32-21(22)23)17(11-15)31-3/h4-7,10-11,21,26H,8-9,12H2,1-3H3,(H,24,27)(H,25,28). The molecule has 33 heavy (non-hydrogen) atoms. The Kier molecular flexibility index (Phi) is 9.12. The minimum absolute atomic E-state index is 0.00623. The van der Waals surface area contributed by atoms with E-state index in [1.165, 1.54) is 19.2 Å². The highest BCUT2D eigenvalue weighted by molar-refractivity contribution is 7.89. The molecule has 0 atom stereocenters. The van der Waals surface area contributed by atoms with Crippen molar-refractivity contribution in [2.24, 2.45) is 0 Å². The quantitative estimate of drug-likeness (QED) is 0.417. The van der Waals surface area contributed by atoms with Gasteiger partial charge in [0.1, 0.15) is 0 Å². The maximum absolute atomic E-state index is 12.4. The number of alkyl halides is 2. The lowest BCUT2D eigenvalue weighted by Crippen LogP contribution is -2.40. The fraction of sp³-hybridized carbons (Fsp3) is 0.333. The van der Waals surface area contributed by atoms with Crippen molar-refractivity contribution in [1.82, 2.24) is 15.4 Å². The summed E-state index contributed by atoms with van der Waals surface area (Å²) in [5.74, 6) is -1.48. The van der Waals surface area contributed by atoms with Gasteiger partial charge in [0, 0.05) is 18.7 Å². The highest BCUT2D eigenvalue weighted by Gasteiger charge is 2.17. The molecule has 0 aliphatic carbocycles. The number of hydrogen-bond donors (Lipinski definition) is 3. The normalized spacial score (nSPS) is 11.2. The summed E-state index contributed by atoms with van der Waals surface area (Å²) in [5, 5.41) is 4.86. The molecule has 3 N–H and O–H groups in total. The first-order valence-corrected chi connectivity index (χ1v) is 11.3. The molecule has 0 heterocycles. The second kappa shape index (κ2) is 11.6. The summed E-state index contributed by atoms with van der Waals surface area (Å²) in [7, 11) is -2.50. The Bertz CT molecular complexity index is 1110. The van der Waals surface area contributed by atoms with E-state index in [4.69, 9.17) is 4.74 Å². The van der Waals surface area contributed by atoms with Crippen molar-refractivity contribution in [2.45, 2.75) is 25.4 Å². The molecule has 0 unspecified atom stereocenters. The molecule has 2 aromatic rings. The third-order valence-corrected chi connectivity index (χ3v) is 6.03. The van der Waals surface area contributed by atoms with E-state index in [-0.39, 0.29) is 41.6 Å². The maximum Gasteiger partial charge on any atom is 0.387 e. The van der Waals surface area contributed by atoms with Crippen LogP contribution in [0.25, 0.3) is 0 Å². The maximum atomic E-state index is 12.4. The number of rotatable bonds is 11. The van der Waals surface area contributed by atoms with Crippen molar-refractivity contribution in [3.8, 4) is 11.5 Å². The molecule has 0 radical (unpaired) electrons. The van der Waals surface area contributed by atoms with E-state index in [9.17, 15) is 26.8 Å². The van der Waals surface area contributed by atoms with Gasteiger partial charge in [0.25, 0.3) is 5.91 Å². The van der Waals surface area contributed by atoms with E-state index < -0.39 is 28.4 Å². The van der Waals surface area contributed by atoms with Crippen molar-refractivity contribution in [3.05, 3.63) is 53.1 Å². The molecule has 0 saturated heterocycles. The number of aryl methyl sites for hydroxylation is 2. The van der Waals surface area contributed by atoms with Crippen LogP contribution in [-0.4, -0.2) is 53.6 Å². The lowest BCUT2D eigenvalue weighted by atomic mass is 10.2. The fourth-order valence-corrected chi connectivity index (χ4v) is 4.15. The SMILES string of the molecule is COc1cc(C(=O)NCC(=O)NCCNS(=O)(=O)c2cc(C)ccc2C)ccc1OC(F)F. The largest absolute Gasteiger partial charge is 0.493 e. The molecular weight excluding hydrogens is 460 g/mol. The Morgan fingerprint density at radius 1 is 1.00 bits per heavy atom. The molecule has 2 amide bonds. The van der Waals surface area contributed by atoms with Crippen molar-refractivity contribution in [1.29, 1.82) is 0 Å². The lowest BCUT2D eigenvalue weighted by Gasteiger charge is -2.12. The first-order valence-electron chi connectivity index (χ1n) is 9.78. The molecule has 0 bridgehead atoms. The molecule has 0 saturated carbocycles. The predicted molar refractivity (Wildman–Crippen MR) is 116 cm³/mol. The molecule has 9 nitrogen and oxygen atoms in total. The van der Waals surface area contributed by atoms with Crippen LogP contribution >= 0.6 is 0 Å². The Hall–Kier alpha value is -3.25. The van der Waals surface area contributed by atoms with E-state index in [2.05, 4.69) is 20.1 Å². The number of halogens is 2. The monoisotopic (exact) mass is 485 g/mol. The van der Waals surface area contributed by atoms with Crippen molar-refractivity contribution < 1.29 is 36.3 Å². The number of carbonyl (C=O) groups excluding carboxylic acids is 2. The summed E-state index contributed by atoms with van der Waals surface area (Å²) < 4.78 is 61.2. The summed E-state index contributed by atoms with van der Waals surface area (Å²) in [6, 6.07) is 8.69. The minimum Gasteiger partial charge on any atom is -0.493 e. The molecular formula is C21H25F2N3O6S. The van der Waals surface area contributed by atoms with Gasteiger partial charge in [-0.25, -0.2) is 13.1 Å². The zero-order chi connectivity index (χ0) is 24.6. The Labute approximate surface area is 190 Å². The first-order chi connectivity index (χ1) is 15.5. The Balaban J connectivity index is 1.81. The van der Waals surface area contributed by atoms with Crippen LogP contribution in [0, 0.1) is 13.8 Å². The molecule has 0 fully saturated rings. The van der Waals surface area contributed by atoms with Crippen molar-refractivity contribution in [3.63, 3.8) is 0 Å². The molecule has 0 aliphatic heterocycles. The summed E-state index contributed by atoms with van der Waals surface area (Å²) >= 11 is 0. The van der Waals surface area contributed by atoms with Gasteiger partial charge in [-0.1, -0.05) is 12.1 Å². The van der Waals surface area contributed by atoms with Crippen LogP contribution < -0.4 is 24.8 Å². The van der Waals surface area contributed by atoms with Gasteiger partial charge < -0.3 is 20.1 Å². The molecule has 12 heteroatoms. The van der Waals surface area contributed by atoms with Gasteiger partial charge in [-0.15, -0.1) is 0 Å². The average molecular weight is 486 g/mol. The van der Waals surface area contributed by atoms with Crippen molar-refractivity contribution in [2.75, 3.05) is 26.7 Å². The second-order valence-corrected chi connectivity index (χ2v) is 8.68. The molecule has 180 valence electrons. The van der Waals surface area contributed by atoms with Gasteiger partial charge in [-0.2, -0.15) is 8.78 Å². The van der Waals surface area contributed by atoms with Crippen LogP contribution in [-0.2, 0) is 14.8 Å². The highest BCUT2D eigenvalue weighted by atomic mass is 32.2. The Morgan fingerprint density at radius 3 is 2.39 bits per heavy atom. The van der Waals surface area contributed by atoms with E-state index in [1.807, 2.05) is 6.07 Å². The molecule has 0 aromatic heterocycles. The number of benzene rings is 2. The number of nitrogens with one attached hydrogen (secondary N) is 3. The summed E-state index contributed by atoms with van der Waals surface area (Å²) in [5.41, 5.74) is 1.48. The van der Waals surface area contributed by atoms with Crippen LogP contribution in [0.4, 0.5) is 8.78 Å². The van der Waals surface area contributed by atoms with Crippen molar-refractivity contribution >= 4 is 21.8 Å². The third kappa shape index (κ3) is 7.68. The smallest absolute Gasteiger partial charge is 0.387 e. The average Bonchev–Trinajstić information content (AvgIpc) is 2.76. The van der Waals surface area contributed by atoms with Crippen LogP contribution in [0.5, 0.6) is 11.5 Å². The van der Waals surface area contributed by atoms with Gasteiger partial charge in [-0.3, -0.25) is 9.59 Å². The number of carbonyl (C=O) groups is 2. The van der Waals surface area contributed by atoms with E-state index >= 15 is 0 Å². The van der Waals surface area contributed by atoms with Crippen LogP contribution in [0.2, 0.25) is 0 Å². The topological polar surface area (TPSA) is 123 Å². The van der Waals surface area contributed by atoms with Gasteiger partial charge in [0.15, 0.2) is 11.5 Å². The molecule has 0 aliphatic rings. The van der Waals surface area contributed by atoms with Gasteiger partial charge in [0.2, 0.25) is 15.9 Å². The van der Waals surface area contributed by atoms with E-state index in [1.54, 1.807) is 26.0 Å². The van der Waals surface area contributed by atoms with Crippen LogP contribution in [0.3, 0.4) is 0 Å². The number of amides is 2. The zero-order valence-electron chi connectivity index (χ0n) is 18.3. The van der Waals surface area contributed by atoms with Crippen LogP contribution in [0.1, 0.15) is 21.5 Å². The number of hydrogen-bond acceptors (Lipinski definition) is 6. The van der Waals surface area contributed by atoms with E-state index in [0.717, 1.165) is 11.6 Å². The minimum atomic E-state index is -3.73. The zero-order valence-corrected chi connectivity index (χ0v) is 19.1. The number of sulfonamides is 1. The molecule has 0 spiro atoms. The summed E-state index contributed by atoms with van der Waals surface area (Å²) in [6.45, 7) is 0.0137. The number of ether oxygens (including phenoxy) is 2. The van der Waals surface area contributed by atoms with Gasteiger partial charge in [0.05, 0.1) is 18.6 Å². The number of methoxy groups -OCH3 is 1. The summed E-state index contributed by atoms with van der Waals surface area (Å²) in [6.07, 6.45) is 0. The van der Waals surface area contributed by atoms with Gasteiger partial charge >= 0.3 is 6.61 Å². The predicted octanol–water partition coefficient (Wildman–Crippen LogP) is 1.74. The van der Waals surface area contributed by atoms with E-state index in [0.29, 0.717) is 5.56 Å². The molecule has 2 aromatic carbocycles. The molecule has 2 rings (SSSR count). The first kappa shape index (κ1) is 26.0. The lowest BCUT2D eigenvalue weighted by molar-refractivity contribution is -0.120. The van der Waals surface area contributed by atoms with Gasteiger partial charge in [-0.05, 0) is 49.2 Å². The fourth-order valence-electron chi connectivity index (χ4n) is 2.79. The third-order valence-electron chi connectivity index (χ3n) is 4.42. The van der Waals surface area contributed by atoms with Crippen LogP contribution in [0.15, 0.2) is 41.3 Å². The summed E-state index contributed by atoms with van der Waals surface area (Å²) in [4.78, 5) is 24.3. The second-order valence-electron chi connectivity index (χ2n) is 6.94. The Morgan fingerprint density at radius 2 is 1.73 bits per heavy atom.